The van der Waals surface area contributed by atoms with Gasteiger partial charge in [-0.25, -0.2) is 8.42 Å². The van der Waals surface area contributed by atoms with Gasteiger partial charge in [-0.3, -0.25) is 9.71 Å². The minimum absolute atomic E-state index is 0.220. The second-order valence-corrected chi connectivity index (χ2v) is 8.60. The number of nitrogens with zero attached hydrogens (tertiary/aromatic N) is 2. The van der Waals surface area contributed by atoms with Crippen LogP contribution in [0, 0.1) is 0 Å². The van der Waals surface area contributed by atoms with Crippen molar-refractivity contribution in [3.8, 4) is 5.75 Å². The lowest BCUT2D eigenvalue weighted by Gasteiger charge is -2.17. The smallest absolute Gasteiger partial charge is 0.404 e. The molecule has 0 saturated carbocycles. The number of benzene rings is 2. The summed E-state index contributed by atoms with van der Waals surface area (Å²) in [7, 11) is -4.29. The van der Waals surface area contributed by atoms with Gasteiger partial charge >= 0.3 is 6.36 Å². The van der Waals surface area contributed by atoms with E-state index in [1.807, 2.05) is 5.41 Å². The molecular formula is C18H14F3N3O3S2. The van der Waals surface area contributed by atoms with E-state index < -0.39 is 27.0 Å². The monoisotopic (exact) mass is 441 g/mol. The van der Waals surface area contributed by atoms with Crippen molar-refractivity contribution in [1.82, 2.24) is 4.90 Å². The Morgan fingerprint density at radius 3 is 2.55 bits per heavy atom. The summed E-state index contributed by atoms with van der Waals surface area (Å²) in [4.78, 5) is 5.85. The Bertz CT molecular complexity index is 1100. The van der Waals surface area contributed by atoms with Crippen LogP contribution in [0.25, 0.3) is 5.70 Å². The molecule has 2 aliphatic rings. The average Bonchev–Trinajstić information content (AvgIpc) is 3.25. The molecule has 0 spiro atoms. The van der Waals surface area contributed by atoms with Crippen LogP contribution >= 0.6 is 11.8 Å². The predicted octanol–water partition coefficient (Wildman–Crippen LogP) is 4.10. The lowest BCUT2D eigenvalue weighted by Crippen LogP contribution is -2.21. The first-order valence-corrected chi connectivity index (χ1v) is 10.8. The molecule has 0 radical (unpaired) electrons. The lowest BCUT2D eigenvalue weighted by molar-refractivity contribution is -0.275. The van der Waals surface area contributed by atoms with Crippen molar-refractivity contribution in [2.24, 2.45) is 4.99 Å². The molecule has 2 aromatic rings. The molecule has 6 nitrogen and oxygen atoms in total. The number of para-hydroxylation sites is 1. The van der Waals surface area contributed by atoms with Crippen LogP contribution in [0.2, 0.25) is 0 Å². The summed E-state index contributed by atoms with van der Waals surface area (Å²) >= 11 is 1.53. The zero-order chi connectivity index (χ0) is 20.6. The number of nitrogens with one attached hydrogen (secondary N) is 1. The highest BCUT2D eigenvalue weighted by molar-refractivity contribution is 8.16. The highest BCUT2D eigenvalue weighted by atomic mass is 32.2. The maximum Gasteiger partial charge on any atom is 0.573 e. The molecule has 2 aliphatic heterocycles. The Morgan fingerprint density at radius 2 is 1.83 bits per heavy atom. The van der Waals surface area contributed by atoms with Crippen LogP contribution < -0.4 is 9.46 Å². The number of hydrogen-bond acceptors (Lipinski definition) is 6. The van der Waals surface area contributed by atoms with Crippen molar-refractivity contribution in [2.75, 3.05) is 17.8 Å². The summed E-state index contributed by atoms with van der Waals surface area (Å²) in [6, 6.07) is 11.2. The van der Waals surface area contributed by atoms with Gasteiger partial charge in [0.1, 0.15) is 10.6 Å². The van der Waals surface area contributed by atoms with Crippen molar-refractivity contribution in [3.63, 3.8) is 0 Å². The number of aliphatic imine (C=N–C) groups is 1. The molecule has 1 N–H and O–H groups in total. The molecule has 0 atom stereocenters. The Balaban J connectivity index is 1.54. The van der Waals surface area contributed by atoms with E-state index in [2.05, 4.69) is 19.4 Å². The summed E-state index contributed by atoms with van der Waals surface area (Å²) in [5.41, 5.74) is 2.08. The summed E-state index contributed by atoms with van der Waals surface area (Å²) < 4.78 is 69.0. The zero-order valence-corrected chi connectivity index (χ0v) is 16.3. The summed E-state index contributed by atoms with van der Waals surface area (Å²) in [6.45, 7) is 1.52. The van der Waals surface area contributed by atoms with E-state index in [0.717, 1.165) is 41.7 Å². The van der Waals surface area contributed by atoms with Crippen LogP contribution in [0.15, 0.2) is 63.8 Å². The SMILES string of the molecule is O=S(=O)(Nc1ccc(C2=CSC3=NCCN23)cc1)c1ccccc1OC(F)(F)F. The Labute approximate surface area is 169 Å². The second kappa shape index (κ2) is 7.30. The van der Waals surface area contributed by atoms with E-state index in [-0.39, 0.29) is 5.69 Å². The third kappa shape index (κ3) is 4.20. The fourth-order valence-corrected chi connectivity index (χ4v) is 5.10. The maximum atomic E-state index is 12.6. The molecule has 4 rings (SSSR count). The molecule has 0 amide bonds. The van der Waals surface area contributed by atoms with Gasteiger partial charge in [0, 0.05) is 17.6 Å². The molecule has 0 unspecified atom stereocenters. The number of anilines is 1. The van der Waals surface area contributed by atoms with Gasteiger partial charge in [-0.05, 0) is 29.8 Å². The van der Waals surface area contributed by atoms with Crippen molar-refractivity contribution < 1.29 is 26.3 Å². The minimum Gasteiger partial charge on any atom is -0.404 e. The van der Waals surface area contributed by atoms with Crippen LogP contribution in [0.3, 0.4) is 0 Å². The second-order valence-electron chi connectivity index (χ2n) is 6.11. The first-order valence-electron chi connectivity index (χ1n) is 8.40. The van der Waals surface area contributed by atoms with E-state index in [0.29, 0.717) is 0 Å². The van der Waals surface area contributed by atoms with Gasteiger partial charge in [0.15, 0.2) is 5.17 Å². The van der Waals surface area contributed by atoms with Gasteiger partial charge in [0.2, 0.25) is 0 Å². The first kappa shape index (κ1) is 19.6. The first-order chi connectivity index (χ1) is 13.7. The zero-order valence-electron chi connectivity index (χ0n) is 14.7. The predicted molar refractivity (Wildman–Crippen MR) is 105 cm³/mol. The largest absolute Gasteiger partial charge is 0.573 e. The van der Waals surface area contributed by atoms with E-state index in [1.54, 1.807) is 24.3 Å². The van der Waals surface area contributed by atoms with Gasteiger partial charge in [-0.1, -0.05) is 36.0 Å². The molecule has 2 aromatic carbocycles. The van der Waals surface area contributed by atoms with Gasteiger partial charge in [0.05, 0.1) is 12.2 Å². The van der Waals surface area contributed by atoms with E-state index in [4.69, 9.17) is 0 Å². The average molecular weight is 441 g/mol. The number of sulfonamides is 1. The molecule has 0 aliphatic carbocycles. The van der Waals surface area contributed by atoms with E-state index >= 15 is 0 Å². The van der Waals surface area contributed by atoms with Crippen molar-refractivity contribution in [3.05, 3.63) is 59.5 Å². The summed E-state index contributed by atoms with van der Waals surface area (Å²) in [6.07, 6.45) is -5.00. The number of rotatable bonds is 5. The summed E-state index contributed by atoms with van der Waals surface area (Å²) in [5.74, 6) is -0.793. The van der Waals surface area contributed by atoms with Crippen molar-refractivity contribution in [1.29, 1.82) is 0 Å². The number of halogens is 3. The standard InChI is InChI=1S/C18H14F3N3O3S2/c19-18(20,21)27-15-3-1-2-4-16(15)29(25,26)23-13-7-5-12(6-8-13)14-11-28-17-22-9-10-24(14)17/h1-8,11,23H,9-10H2. The quantitative estimate of drug-likeness (QED) is 0.757. The number of hydrogen-bond donors (Lipinski definition) is 1. The van der Waals surface area contributed by atoms with Crippen molar-refractivity contribution >= 4 is 38.3 Å². The van der Waals surface area contributed by atoms with E-state index in [9.17, 15) is 21.6 Å². The number of amidine groups is 1. The third-order valence-corrected chi connectivity index (χ3v) is 6.49. The number of alkyl halides is 3. The Hall–Kier alpha value is -2.66. The fourth-order valence-electron chi connectivity index (χ4n) is 2.95. The van der Waals surface area contributed by atoms with Crippen LogP contribution in [-0.4, -0.2) is 37.9 Å². The number of fused-ring (bicyclic) bond motifs is 1. The maximum absolute atomic E-state index is 12.6. The molecule has 11 heteroatoms. The molecule has 0 saturated heterocycles. The molecule has 152 valence electrons. The lowest BCUT2D eigenvalue weighted by atomic mass is 10.1. The minimum atomic E-state index is -5.00. The highest BCUT2D eigenvalue weighted by Gasteiger charge is 2.34. The van der Waals surface area contributed by atoms with E-state index in [1.165, 1.54) is 23.9 Å². The Morgan fingerprint density at radius 1 is 1.10 bits per heavy atom. The topological polar surface area (TPSA) is 71.0 Å². The number of thioether (sulfide) groups is 1. The molecule has 29 heavy (non-hydrogen) atoms. The molecule has 2 heterocycles. The molecule has 0 fully saturated rings. The van der Waals surface area contributed by atoms with Gasteiger partial charge in [-0.15, -0.1) is 13.2 Å². The van der Waals surface area contributed by atoms with Crippen LogP contribution in [0.1, 0.15) is 5.56 Å². The molecule has 0 aromatic heterocycles. The number of ether oxygens (including phenoxy) is 1. The third-order valence-electron chi connectivity index (χ3n) is 4.17. The van der Waals surface area contributed by atoms with Crippen LogP contribution in [0.4, 0.5) is 18.9 Å². The van der Waals surface area contributed by atoms with Gasteiger partial charge in [-0.2, -0.15) is 0 Å². The highest BCUT2D eigenvalue weighted by Crippen LogP contribution is 2.36. The van der Waals surface area contributed by atoms with Crippen molar-refractivity contribution in [2.45, 2.75) is 11.3 Å². The van der Waals surface area contributed by atoms with Gasteiger partial charge < -0.3 is 9.64 Å². The fraction of sp³-hybridized carbons (Fsp3) is 0.167. The van der Waals surface area contributed by atoms with Crippen LogP contribution in [-0.2, 0) is 10.0 Å². The molecule has 0 bridgehead atoms. The Kier molecular flexibility index (Phi) is 4.95. The summed E-state index contributed by atoms with van der Waals surface area (Å²) in [5, 5.41) is 2.91. The van der Waals surface area contributed by atoms with Gasteiger partial charge in [0.25, 0.3) is 10.0 Å². The van der Waals surface area contributed by atoms with Crippen LogP contribution in [0.5, 0.6) is 5.75 Å². The normalized spacial score (nSPS) is 16.3. The molecular weight excluding hydrogens is 427 g/mol.